The molecule has 1 N–H and O–H groups in total. The standard InChI is InChI=1S/C15H13N3O/c19-11-16-14-6-7-15-13(8-14)9-17-18(15)10-12-4-2-1-3-5-12/h1-9,11H,10H2,(H,16,19). The van der Waals surface area contributed by atoms with Gasteiger partial charge in [0.05, 0.1) is 18.3 Å². The van der Waals surface area contributed by atoms with Gasteiger partial charge in [-0.2, -0.15) is 5.10 Å². The van der Waals surface area contributed by atoms with Gasteiger partial charge in [0, 0.05) is 11.1 Å². The van der Waals surface area contributed by atoms with Crippen molar-refractivity contribution in [2.45, 2.75) is 6.54 Å². The minimum absolute atomic E-state index is 0.676. The van der Waals surface area contributed by atoms with Gasteiger partial charge in [0.2, 0.25) is 6.41 Å². The van der Waals surface area contributed by atoms with Crippen LogP contribution in [0, 0.1) is 0 Å². The number of carbonyl (C=O) groups excluding carboxylic acids is 1. The lowest BCUT2D eigenvalue weighted by Crippen LogP contribution is -2.01. The van der Waals surface area contributed by atoms with Crippen LogP contribution in [0.3, 0.4) is 0 Å². The molecule has 0 spiro atoms. The summed E-state index contributed by atoms with van der Waals surface area (Å²) >= 11 is 0. The highest BCUT2D eigenvalue weighted by Crippen LogP contribution is 2.19. The average molecular weight is 251 g/mol. The monoisotopic (exact) mass is 251 g/mol. The molecule has 0 radical (unpaired) electrons. The maximum absolute atomic E-state index is 10.4. The molecule has 0 fully saturated rings. The first-order chi connectivity index (χ1) is 9.36. The van der Waals surface area contributed by atoms with Crippen molar-refractivity contribution < 1.29 is 4.79 Å². The number of carbonyl (C=O) groups is 1. The highest BCUT2D eigenvalue weighted by Gasteiger charge is 2.04. The normalized spacial score (nSPS) is 10.5. The number of amides is 1. The predicted octanol–water partition coefficient (Wildman–Crippen LogP) is 2.65. The molecule has 3 aromatic rings. The van der Waals surface area contributed by atoms with Gasteiger partial charge in [-0.3, -0.25) is 9.48 Å². The number of aromatic nitrogens is 2. The van der Waals surface area contributed by atoms with E-state index in [2.05, 4.69) is 22.5 Å². The quantitative estimate of drug-likeness (QED) is 0.725. The number of fused-ring (bicyclic) bond motifs is 1. The van der Waals surface area contributed by atoms with Crippen LogP contribution in [-0.2, 0) is 11.3 Å². The van der Waals surface area contributed by atoms with Crippen molar-refractivity contribution >= 4 is 23.0 Å². The van der Waals surface area contributed by atoms with E-state index in [-0.39, 0.29) is 0 Å². The van der Waals surface area contributed by atoms with E-state index in [9.17, 15) is 4.79 Å². The zero-order valence-corrected chi connectivity index (χ0v) is 10.3. The van der Waals surface area contributed by atoms with Gasteiger partial charge in [0.15, 0.2) is 0 Å². The van der Waals surface area contributed by atoms with Gasteiger partial charge in [0.25, 0.3) is 0 Å². The van der Waals surface area contributed by atoms with Crippen LogP contribution >= 0.6 is 0 Å². The van der Waals surface area contributed by atoms with E-state index >= 15 is 0 Å². The minimum atomic E-state index is 0.676. The van der Waals surface area contributed by atoms with Gasteiger partial charge in [0.1, 0.15) is 0 Å². The zero-order valence-electron chi connectivity index (χ0n) is 10.3. The van der Waals surface area contributed by atoms with E-state index in [1.807, 2.05) is 47.3 Å². The summed E-state index contributed by atoms with van der Waals surface area (Å²) < 4.78 is 1.95. The minimum Gasteiger partial charge on any atom is -0.329 e. The fraction of sp³-hybridized carbons (Fsp3) is 0.0667. The first kappa shape index (κ1) is 11.5. The van der Waals surface area contributed by atoms with Crippen LogP contribution in [0.5, 0.6) is 0 Å². The van der Waals surface area contributed by atoms with Gasteiger partial charge < -0.3 is 5.32 Å². The summed E-state index contributed by atoms with van der Waals surface area (Å²) in [5, 5.41) is 8.05. The number of hydrogen-bond acceptors (Lipinski definition) is 2. The highest BCUT2D eigenvalue weighted by molar-refractivity contribution is 5.85. The van der Waals surface area contributed by atoms with E-state index in [0.717, 1.165) is 23.1 Å². The molecule has 2 aromatic carbocycles. The Morgan fingerprint density at radius 1 is 1.16 bits per heavy atom. The molecule has 0 saturated heterocycles. The molecular weight excluding hydrogens is 238 g/mol. The number of nitrogens with zero attached hydrogens (tertiary/aromatic N) is 2. The first-order valence-electron chi connectivity index (χ1n) is 6.06. The zero-order chi connectivity index (χ0) is 13.1. The van der Waals surface area contributed by atoms with Crippen LogP contribution in [0.1, 0.15) is 5.56 Å². The van der Waals surface area contributed by atoms with Crippen molar-refractivity contribution in [2.24, 2.45) is 0 Å². The summed E-state index contributed by atoms with van der Waals surface area (Å²) in [6.45, 7) is 0.741. The molecule has 1 amide bonds. The molecule has 0 aliphatic rings. The number of benzene rings is 2. The Bertz CT molecular complexity index is 704. The molecule has 1 heterocycles. The van der Waals surface area contributed by atoms with E-state index in [1.54, 1.807) is 0 Å². The molecule has 0 aliphatic carbocycles. The maximum Gasteiger partial charge on any atom is 0.211 e. The Hall–Kier alpha value is -2.62. The van der Waals surface area contributed by atoms with Crippen molar-refractivity contribution in [1.29, 1.82) is 0 Å². The van der Waals surface area contributed by atoms with Crippen LogP contribution in [-0.4, -0.2) is 16.2 Å². The third-order valence-corrected chi connectivity index (χ3v) is 3.04. The maximum atomic E-state index is 10.4. The summed E-state index contributed by atoms with van der Waals surface area (Å²) in [6.07, 6.45) is 2.49. The fourth-order valence-corrected chi connectivity index (χ4v) is 2.13. The van der Waals surface area contributed by atoms with Gasteiger partial charge in [-0.15, -0.1) is 0 Å². The smallest absolute Gasteiger partial charge is 0.211 e. The molecule has 0 atom stereocenters. The Labute approximate surface area is 110 Å². The first-order valence-corrected chi connectivity index (χ1v) is 6.06. The molecule has 19 heavy (non-hydrogen) atoms. The largest absolute Gasteiger partial charge is 0.329 e. The molecule has 4 heteroatoms. The Morgan fingerprint density at radius 2 is 2.00 bits per heavy atom. The second-order valence-electron chi connectivity index (χ2n) is 4.32. The summed E-state index contributed by atoms with van der Waals surface area (Å²) in [5.74, 6) is 0. The highest BCUT2D eigenvalue weighted by atomic mass is 16.1. The number of hydrogen-bond donors (Lipinski definition) is 1. The van der Waals surface area contributed by atoms with E-state index in [4.69, 9.17) is 0 Å². The summed E-state index contributed by atoms with van der Waals surface area (Å²) in [5.41, 5.74) is 3.05. The lowest BCUT2D eigenvalue weighted by Gasteiger charge is -2.04. The van der Waals surface area contributed by atoms with E-state index in [0.29, 0.717) is 6.41 Å². The molecule has 0 unspecified atom stereocenters. The van der Waals surface area contributed by atoms with Gasteiger partial charge in [-0.25, -0.2) is 0 Å². The number of nitrogens with one attached hydrogen (secondary N) is 1. The van der Waals surface area contributed by atoms with E-state index in [1.165, 1.54) is 5.56 Å². The molecule has 0 bridgehead atoms. The van der Waals surface area contributed by atoms with Crippen molar-refractivity contribution in [3.63, 3.8) is 0 Å². The van der Waals surface area contributed by atoms with E-state index < -0.39 is 0 Å². The van der Waals surface area contributed by atoms with Crippen LogP contribution in [0.25, 0.3) is 10.9 Å². The van der Waals surface area contributed by atoms with Crippen LogP contribution < -0.4 is 5.32 Å². The summed E-state index contributed by atoms with van der Waals surface area (Å²) in [4.78, 5) is 10.4. The fourth-order valence-electron chi connectivity index (χ4n) is 2.13. The Morgan fingerprint density at radius 3 is 2.79 bits per heavy atom. The average Bonchev–Trinajstić information content (AvgIpc) is 2.83. The lowest BCUT2D eigenvalue weighted by atomic mass is 10.2. The molecule has 94 valence electrons. The van der Waals surface area contributed by atoms with Crippen molar-refractivity contribution in [2.75, 3.05) is 5.32 Å². The van der Waals surface area contributed by atoms with Crippen molar-refractivity contribution in [3.05, 3.63) is 60.3 Å². The Balaban J connectivity index is 1.95. The summed E-state index contributed by atoms with van der Waals surface area (Å²) in [7, 11) is 0. The molecule has 3 rings (SSSR count). The molecule has 0 aliphatic heterocycles. The van der Waals surface area contributed by atoms with Crippen LogP contribution in [0.2, 0.25) is 0 Å². The SMILES string of the molecule is O=CNc1ccc2c(cnn2Cc2ccccc2)c1. The summed E-state index contributed by atoms with van der Waals surface area (Å²) in [6, 6.07) is 16.0. The third kappa shape index (κ3) is 2.33. The van der Waals surface area contributed by atoms with Crippen LogP contribution in [0.15, 0.2) is 54.7 Å². The van der Waals surface area contributed by atoms with Gasteiger partial charge in [-0.1, -0.05) is 30.3 Å². The Kier molecular flexibility index (Phi) is 2.98. The molecule has 4 nitrogen and oxygen atoms in total. The topological polar surface area (TPSA) is 46.9 Å². The van der Waals surface area contributed by atoms with Crippen molar-refractivity contribution in [3.8, 4) is 0 Å². The van der Waals surface area contributed by atoms with Crippen LogP contribution in [0.4, 0.5) is 5.69 Å². The van der Waals surface area contributed by atoms with Gasteiger partial charge >= 0.3 is 0 Å². The second kappa shape index (κ2) is 4.94. The number of rotatable bonds is 4. The molecule has 1 aromatic heterocycles. The molecule has 0 saturated carbocycles. The van der Waals surface area contributed by atoms with Crippen molar-refractivity contribution in [1.82, 2.24) is 9.78 Å². The van der Waals surface area contributed by atoms with Gasteiger partial charge in [-0.05, 0) is 23.8 Å². The predicted molar refractivity (Wildman–Crippen MR) is 75.0 cm³/mol. The number of anilines is 1. The lowest BCUT2D eigenvalue weighted by molar-refractivity contribution is -0.105. The molecular formula is C15H13N3O. The third-order valence-electron chi connectivity index (χ3n) is 3.04. The second-order valence-corrected chi connectivity index (χ2v) is 4.32.